The molecule has 1 unspecified atom stereocenters. The minimum Gasteiger partial charge on any atom is -0.450 e. The molecule has 1 atom stereocenters. The molecule has 1 heterocycles. The number of carbonyl (C=O) groups excluding carboxylic acids is 1. The van der Waals surface area contributed by atoms with Crippen molar-refractivity contribution in [1.82, 2.24) is 15.5 Å². The highest BCUT2D eigenvalue weighted by molar-refractivity contribution is 5.80. The fraction of sp³-hybridized carbons (Fsp3) is 0.579. The van der Waals surface area contributed by atoms with Crippen molar-refractivity contribution >= 4 is 12.1 Å². The predicted molar refractivity (Wildman–Crippen MR) is 101 cm³/mol. The number of nitrogens with one attached hydrogen (secondary N) is 2. The van der Waals surface area contributed by atoms with E-state index >= 15 is 0 Å². The number of carbonyl (C=O) groups is 1. The van der Waals surface area contributed by atoms with Crippen molar-refractivity contribution in [3.05, 3.63) is 35.4 Å². The average molecular weight is 382 g/mol. The van der Waals surface area contributed by atoms with E-state index in [2.05, 4.69) is 15.6 Å². The number of guanidine groups is 1. The predicted octanol–water partition coefficient (Wildman–Crippen LogP) is 2.85. The van der Waals surface area contributed by atoms with E-state index in [1.54, 1.807) is 18.9 Å². The third-order valence-electron chi connectivity index (χ3n) is 4.65. The summed E-state index contributed by atoms with van der Waals surface area (Å²) in [5.41, 5.74) is 0.460. The molecule has 0 aromatic heterocycles. The zero-order valence-electron chi connectivity index (χ0n) is 16.1. The van der Waals surface area contributed by atoms with Crippen LogP contribution in [0.2, 0.25) is 0 Å². The van der Waals surface area contributed by atoms with Crippen LogP contribution in [0.4, 0.5) is 13.6 Å². The summed E-state index contributed by atoms with van der Waals surface area (Å²) in [5.74, 6) is -0.643. The molecule has 150 valence electrons. The first-order chi connectivity index (χ1) is 12.9. The molecule has 1 saturated heterocycles. The SMILES string of the molecule is CCOC(=O)N1CCC(NC(=NC)NCC(C)c2ccc(F)cc2F)CC1. The van der Waals surface area contributed by atoms with Crippen LogP contribution in [-0.2, 0) is 4.74 Å². The Kier molecular flexibility index (Phi) is 7.82. The first-order valence-corrected chi connectivity index (χ1v) is 9.28. The molecule has 1 aromatic rings. The van der Waals surface area contributed by atoms with E-state index in [0.717, 1.165) is 18.9 Å². The fourth-order valence-corrected chi connectivity index (χ4v) is 3.07. The fourth-order valence-electron chi connectivity index (χ4n) is 3.07. The number of piperidine rings is 1. The van der Waals surface area contributed by atoms with Gasteiger partial charge in [-0.25, -0.2) is 13.6 Å². The van der Waals surface area contributed by atoms with E-state index in [1.807, 2.05) is 6.92 Å². The van der Waals surface area contributed by atoms with Crippen molar-refractivity contribution < 1.29 is 18.3 Å². The number of rotatable bonds is 5. The van der Waals surface area contributed by atoms with E-state index in [1.165, 1.54) is 12.1 Å². The van der Waals surface area contributed by atoms with E-state index in [-0.39, 0.29) is 18.1 Å². The Labute approximate surface area is 159 Å². The molecular weight excluding hydrogens is 354 g/mol. The molecule has 0 bridgehead atoms. The van der Waals surface area contributed by atoms with E-state index in [4.69, 9.17) is 4.74 Å². The normalized spacial score (nSPS) is 16.8. The van der Waals surface area contributed by atoms with Crippen LogP contribution in [0, 0.1) is 11.6 Å². The molecule has 8 heteroatoms. The average Bonchev–Trinajstić information content (AvgIpc) is 2.65. The molecule has 1 aliphatic rings. The second-order valence-electron chi connectivity index (χ2n) is 6.62. The van der Waals surface area contributed by atoms with Crippen LogP contribution in [0.15, 0.2) is 23.2 Å². The molecule has 0 saturated carbocycles. The quantitative estimate of drug-likeness (QED) is 0.607. The molecule has 27 heavy (non-hydrogen) atoms. The summed E-state index contributed by atoms with van der Waals surface area (Å²) in [6.07, 6.45) is 1.32. The maximum absolute atomic E-state index is 13.9. The second-order valence-corrected chi connectivity index (χ2v) is 6.62. The summed E-state index contributed by atoms with van der Waals surface area (Å²) in [5, 5.41) is 6.52. The van der Waals surface area contributed by atoms with Crippen LogP contribution in [0.25, 0.3) is 0 Å². The standard InChI is InChI=1S/C19H28F2N4O2/c1-4-27-19(26)25-9-7-15(8-10-25)24-18(22-3)23-12-13(2)16-6-5-14(20)11-17(16)21/h5-6,11,13,15H,4,7-10,12H2,1-3H3,(H2,22,23,24). The molecule has 1 amide bonds. The third kappa shape index (κ3) is 6.08. The molecule has 6 nitrogen and oxygen atoms in total. The second kappa shape index (κ2) is 10.1. The van der Waals surface area contributed by atoms with Crippen molar-refractivity contribution in [3.8, 4) is 0 Å². The van der Waals surface area contributed by atoms with Gasteiger partial charge < -0.3 is 20.3 Å². The number of hydrogen-bond acceptors (Lipinski definition) is 3. The van der Waals surface area contributed by atoms with Crippen LogP contribution in [0.3, 0.4) is 0 Å². The van der Waals surface area contributed by atoms with Crippen molar-refractivity contribution in [1.29, 1.82) is 0 Å². The van der Waals surface area contributed by atoms with E-state index in [9.17, 15) is 13.6 Å². The zero-order valence-corrected chi connectivity index (χ0v) is 16.1. The van der Waals surface area contributed by atoms with Gasteiger partial charge in [-0.3, -0.25) is 4.99 Å². The molecule has 1 aliphatic heterocycles. The van der Waals surface area contributed by atoms with Crippen LogP contribution in [-0.4, -0.2) is 56.3 Å². The molecule has 2 rings (SSSR count). The molecular formula is C19H28F2N4O2. The number of halogens is 2. The van der Waals surface area contributed by atoms with Crippen LogP contribution >= 0.6 is 0 Å². The van der Waals surface area contributed by atoms with Gasteiger partial charge in [0.2, 0.25) is 0 Å². The maximum Gasteiger partial charge on any atom is 0.409 e. The number of nitrogens with zero attached hydrogens (tertiary/aromatic N) is 2. The summed E-state index contributed by atoms with van der Waals surface area (Å²) >= 11 is 0. The van der Waals surface area contributed by atoms with Gasteiger partial charge in [0.1, 0.15) is 11.6 Å². The summed E-state index contributed by atoms with van der Waals surface area (Å²) < 4.78 is 31.9. The van der Waals surface area contributed by atoms with Gasteiger partial charge in [-0.2, -0.15) is 0 Å². The number of hydrogen-bond donors (Lipinski definition) is 2. The first-order valence-electron chi connectivity index (χ1n) is 9.28. The number of amides is 1. The highest BCUT2D eigenvalue weighted by Crippen LogP contribution is 2.19. The summed E-state index contributed by atoms with van der Waals surface area (Å²) in [6, 6.07) is 3.83. The largest absolute Gasteiger partial charge is 0.450 e. The lowest BCUT2D eigenvalue weighted by Crippen LogP contribution is -2.50. The summed E-state index contributed by atoms with van der Waals surface area (Å²) in [7, 11) is 1.67. The van der Waals surface area contributed by atoms with E-state index < -0.39 is 11.6 Å². The lowest BCUT2D eigenvalue weighted by Gasteiger charge is -2.32. The van der Waals surface area contributed by atoms with Crippen LogP contribution in [0.5, 0.6) is 0 Å². The third-order valence-corrected chi connectivity index (χ3v) is 4.65. The van der Waals surface area contributed by atoms with Gasteiger partial charge in [-0.05, 0) is 31.4 Å². The highest BCUT2D eigenvalue weighted by atomic mass is 19.1. The Hall–Kier alpha value is -2.38. The lowest BCUT2D eigenvalue weighted by molar-refractivity contribution is 0.0963. The topological polar surface area (TPSA) is 66.0 Å². The Morgan fingerprint density at radius 3 is 2.67 bits per heavy atom. The monoisotopic (exact) mass is 382 g/mol. The highest BCUT2D eigenvalue weighted by Gasteiger charge is 2.24. The Bertz CT molecular complexity index is 661. The Balaban J connectivity index is 1.80. The van der Waals surface area contributed by atoms with Gasteiger partial charge in [0.15, 0.2) is 5.96 Å². The molecule has 0 radical (unpaired) electrons. The van der Waals surface area contributed by atoms with Gasteiger partial charge in [-0.15, -0.1) is 0 Å². The number of aliphatic imine (C=N–C) groups is 1. The van der Waals surface area contributed by atoms with Crippen LogP contribution < -0.4 is 10.6 Å². The number of benzene rings is 1. The van der Waals surface area contributed by atoms with E-state index in [0.29, 0.717) is 37.8 Å². The van der Waals surface area contributed by atoms with Crippen molar-refractivity contribution in [2.24, 2.45) is 4.99 Å². The minimum atomic E-state index is -0.581. The minimum absolute atomic E-state index is 0.144. The molecule has 1 aromatic carbocycles. The number of ether oxygens (including phenoxy) is 1. The zero-order chi connectivity index (χ0) is 19.8. The molecule has 2 N–H and O–H groups in total. The Morgan fingerprint density at radius 2 is 2.07 bits per heavy atom. The first kappa shape index (κ1) is 20.9. The molecule has 0 aliphatic carbocycles. The molecule has 1 fully saturated rings. The van der Waals surface area contributed by atoms with Crippen molar-refractivity contribution in [2.75, 3.05) is 33.3 Å². The Morgan fingerprint density at radius 1 is 1.37 bits per heavy atom. The summed E-state index contributed by atoms with van der Waals surface area (Å²) in [6.45, 7) is 5.76. The van der Waals surface area contributed by atoms with Gasteiger partial charge in [-0.1, -0.05) is 13.0 Å². The smallest absolute Gasteiger partial charge is 0.409 e. The van der Waals surface area contributed by atoms with Gasteiger partial charge in [0, 0.05) is 44.7 Å². The number of likely N-dealkylation sites (tertiary alicyclic amines) is 1. The van der Waals surface area contributed by atoms with Gasteiger partial charge >= 0.3 is 6.09 Å². The van der Waals surface area contributed by atoms with Gasteiger partial charge in [0.25, 0.3) is 0 Å². The lowest BCUT2D eigenvalue weighted by atomic mass is 10.0. The van der Waals surface area contributed by atoms with Crippen molar-refractivity contribution in [3.63, 3.8) is 0 Å². The molecule has 0 spiro atoms. The van der Waals surface area contributed by atoms with Crippen LogP contribution in [0.1, 0.15) is 38.2 Å². The van der Waals surface area contributed by atoms with Crippen molar-refractivity contribution in [2.45, 2.75) is 38.6 Å². The maximum atomic E-state index is 13.9. The summed E-state index contributed by atoms with van der Waals surface area (Å²) in [4.78, 5) is 17.6. The van der Waals surface area contributed by atoms with Gasteiger partial charge in [0.05, 0.1) is 6.61 Å².